The first-order valence-electron chi connectivity index (χ1n) is 17.6. The van der Waals surface area contributed by atoms with Gasteiger partial charge in [-0.2, -0.15) is 0 Å². The molecule has 0 aliphatic heterocycles. The number of rotatable bonds is 12. The zero-order valence-electron chi connectivity index (χ0n) is 29.7. The van der Waals surface area contributed by atoms with Crippen molar-refractivity contribution in [3.63, 3.8) is 0 Å². The van der Waals surface area contributed by atoms with Crippen molar-refractivity contribution in [3.8, 4) is 66.8 Å². The summed E-state index contributed by atoms with van der Waals surface area (Å²) in [6, 6.07) is 48.2. The van der Waals surface area contributed by atoms with Gasteiger partial charge in [0.2, 0.25) is 0 Å². The summed E-state index contributed by atoms with van der Waals surface area (Å²) in [5.41, 5.74) is 16.0. The van der Waals surface area contributed by atoms with E-state index in [0.717, 1.165) is 102 Å². The van der Waals surface area contributed by atoms with E-state index in [-0.39, 0.29) is 0 Å². The molecule has 0 saturated heterocycles. The molecule has 0 aliphatic rings. The average Bonchev–Trinajstić information content (AvgIpc) is 3.25. The Morgan fingerprint density at radius 3 is 0.722 bits per heavy atom. The quantitative estimate of drug-likeness (QED) is 0.120. The molecule has 3 nitrogen and oxygen atoms in total. The van der Waals surface area contributed by atoms with Gasteiger partial charge in [-0.3, -0.25) is 14.4 Å². The van der Waals surface area contributed by atoms with Crippen molar-refractivity contribution in [2.75, 3.05) is 0 Å². The smallest absolute Gasteiger partial charge is 0.150 e. The van der Waals surface area contributed by atoms with Gasteiger partial charge in [0.05, 0.1) is 0 Å². The molecule has 0 aliphatic carbocycles. The zero-order chi connectivity index (χ0) is 37.6. The monoisotopic (exact) mass is 696 g/mol. The van der Waals surface area contributed by atoms with Crippen LogP contribution in [-0.2, 0) is 0 Å². The molecule has 54 heavy (non-hydrogen) atoms. The molecule has 0 N–H and O–H groups in total. The van der Waals surface area contributed by atoms with E-state index in [4.69, 9.17) is 0 Å². The van der Waals surface area contributed by atoms with E-state index in [1.165, 1.54) is 0 Å². The van der Waals surface area contributed by atoms with Crippen molar-refractivity contribution in [1.82, 2.24) is 0 Å². The summed E-state index contributed by atoms with van der Waals surface area (Å²) < 4.78 is 0. The standard InChI is InChI=1S/C51H36O3/c1-4-34-10-7-13-43(31-52)49(34)40-22-16-37(17-23-40)46-28-47(38-18-24-41(25-19-38)50-35(5-2)11-8-14-44(50)32-53)30-48(29-46)39-20-26-42(27-21-39)51-36(6-3)12-9-15-45(51)33-54/h4-33H,1-3H2. The van der Waals surface area contributed by atoms with Crippen LogP contribution in [0.4, 0.5) is 0 Å². The van der Waals surface area contributed by atoms with Crippen molar-refractivity contribution < 1.29 is 14.4 Å². The van der Waals surface area contributed by atoms with Crippen LogP contribution in [0.1, 0.15) is 47.8 Å². The fourth-order valence-electron chi connectivity index (χ4n) is 7.19. The first-order chi connectivity index (χ1) is 26.5. The van der Waals surface area contributed by atoms with Crippen LogP contribution in [0.25, 0.3) is 85.0 Å². The highest BCUT2D eigenvalue weighted by molar-refractivity contribution is 5.95. The van der Waals surface area contributed by atoms with Gasteiger partial charge in [-0.25, -0.2) is 0 Å². The summed E-state index contributed by atoms with van der Waals surface area (Å²) in [5.74, 6) is 0. The molecule has 0 saturated carbocycles. The van der Waals surface area contributed by atoms with Crippen molar-refractivity contribution in [2.45, 2.75) is 0 Å². The van der Waals surface area contributed by atoms with Gasteiger partial charge < -0.3 is 0 Å². The largest absolute Gasteiger partial charge is 0.298 e. The predicted molar refractivity (Wildman–Crippen MR) is 225 cm³/mol. The van der Waals surface area contributed by atoms with Crippen molar-refractivity contribution in [2.24, 2.45) is 0 Å². The summed E-state index contributed by atoms with van der Waals surface area (Å²) >= 11 is 0. The van der Waals surface area contributed by atoms with Gasteiger partial charge in [-0.05, 0) is 102 Å². The predicted octanol–water partition coefficient (Wildman–Crippen LogP) is 13.1. The summed E-state index contributed by atoms with van der Waals surface area (Å²) in [4.78, 5) is 35.9. The van der Waals surface area contributed by atoms with Gasteiger partial charge in [0.1, 0.15) is 0 Å². The molecule has 0 atom stereocenters. The third-order valence-electron chi connectivity index (χ3n) is 9.88. The van der Waals surface area contributed by atoms with E-state index in [1.54, 1.807) is 18.2 Å². The van der Waals surface area contributed by atoms with Crippen LogP contribution in [0.2, 0.25) is 0 Å². The minimum Gasteiger partial charge on any atom is -0.298 e. The number of hydrogen-bond acceptors (Lipinski definition) is 3. The molecule has 7 rings (SSSR count). The Labute approximate surface area is 315 Å². The lowest BCUT2D eigenvalue weighted by Crippen LogP contribution is -1.93. The van der Waals surface area contributed by atoms with Gasteiger partial charge in [0.15, 0.2) is 18.9 Å². The SMILES string of the molecule is C=Cc1cccc(C=O)c1-c1ccc(-c2cc(-c3ccc(-c4c(C=C)cccc4C=O)cc3)cc(-c3ccc(-c4c(C=C)cccc4C=O)cc3)c2)cc1. The number of carbonyl (C=O) groups excluding carboxylic acids is 3. The second-order valence-corrected chi connectivity index (χ2v) is 12.9. The molecule has 0 unspecified atom stereocenters. The van der Waals surface area contributed by atoms with Crippen LogP contribution in [0, 0.1) is 0 Å². The molecule has 0 heterocycles. The normalized spacial score (nSPS) is 10.7. The van der Waals surface area contributed by atoms with Crippen LogP contribution < -0.4 is 0 Å². The highest BCUT2D eigenvalue weighted by Crippen LogP contribution is 2.38. The number of carbonyl (C=O) groups is 3. The molecule has 258 valence electrons. The lowest BCUT2D eigenvalue weighted by molar-refractivity contribution is 0.111. The van der Waals surface area contributed by atoms with Gasteiger partial charge in [-0.1, -0.05) is 165 Å². The Morgan fingerprint density at radius 1 is 0.278 bits per heavy atom. The van der Waals surface area contributed by atoms with Crippen LogP contribution in [0.15, 0.2) is 165 Å². The molecule has 0 fully saturated rings. The summed E-state index contributed by atoms with van der Waals surface area (Å²) in [6.45, 7) is 11.9. The highest BCUT2D eigenvalue weighted by Gasteiger charge is 2.14. The van der Waals surface area contributed by atoms with Crippen LogP contribution in [0.3, 0.4) is 0 Å². The minimum absolute atomic E-state index is 0.614. The van der Waals surface area contributed by atoms with Gasteiger partial charge in [0.25, 0.3) is 0 Å². The number of aldehydes is 3. The topological polar surface area (TPSA) is 51.2 Å². The molecule has 0 bridgehead atoms. The van der Waals surface area contributed by atoms with Crippen LogP contribution in [0.5, 0.6) is 0 Å². The Bertz CT molecular complexity index is 2190. The van der Waals surface area contributed by atoms with E-state index in [0.29, 0.717) is 16.7 Å². The molecule has 7 aromatic carbocycles. The van der Waals surface area contributed by atoms with E-state index in [9.17, 15) is 14.4 Å². The molecular formula is C51H36O3. The fraction of sp³-hybridized carbons (Fsp3) is 0. The van der Waals surface area contributed by atoms with Crippen LogP contribution >= 0.6 is 0 Å². The molecule has 0 aromatic heterocycles. The average molecular weight is 697 g/mol. The van der Waals surface area contributed by atoms with E-state index >= 15 is 0 Å². The minimum atomic E-state index is 0.614. The van der Waals surface area contributed by atoms with Crippen LogP contribution in [-0.4, -0.2) is 18.9 Å². The summed E-state index contributed by atoms with van der Waals surface area (Å²) in [6.07, 6.45) is 7.96. The Balaban J connectivity index is 1.34. The summed E-state index contributed by atoms with van der Waals surface area (Å²) in [7, 11) is 0. The second-order valence-electron chi connectivity index (χ2n) is 12.9. The maximum atomic E-state index is 12.0. The maximum absolute atomic E-state index is 12.0. The third kappa shape index (κ3) is 6.74. The lowest BCUT2D eigenvalue weighted by Gasteiger charge is -2.15. The fourth-order valence-corrected chi connectivity index (χ4v) is 7.19. The highest BCUT2D eigenvalue weighted by atomic mass is 16.1. The molecule has 7 aromatic rings. The maximum Gasteiger partial charge on any atom is 0.150 e. The molecule has 3 heteroatoms. The first kappa shape index (κ1) is 35.2. The number of hydrogen-bond donors (Lipinski definition) is 0. The first-order valence-corrected chi connectivity index (χ1v) is 17.6. The molecule has 0 spiro atoms. The van der Waals surface area contributed by atoms with E-state index in [2.05, 4.69) is 74.3 Å². The Kier molecular flexibility index (Phi) is 10.1. The van der Waals surface area contributed by atoms with Gasteiger partial charge in [-0.15, -0.1) is 0 Å². The number of benzene rings is 7. The lowest BCUT2D eigenvalue weighted by atomic mass is 9.89. The van der Waals surface area contributed by atoms with Gasteiger partial charge >= 0.3 is 0 Å². The molecule has 0 radical (unpaired) electrons. The Morgan fingerprint density at radius 2 is 0.500 bits per heavy atom. The molecular weight excluding hydrogens is 661 g/mol. The summed E-state index contributed by atoms with van der Waals surface area (Å²) in [5, 5.41) is 0. The van der Waals surface area contributed by atoms with Gasteiger partial charge in [0, 0.05) is 16.7 Å². The second kappa shape index (κ2) is 15.6. The Hall–Kier alpha value is -7.23. The zero-order valence-corrected chi connectivity index (χ0v) is 29.7. The van der Waals surface area contributed by atoms with Crippen molar-refractivity contribution in [3.05, 3.63) is 199 Å². The van der Waals surface area contributed by atoms with E-state index < -0.39 is 0 Å². The van der Waals surface area contributed by atoms with Crippen molar-refractivity contribution in [1.29, 1.82) is 0 Å². The molecule has 0 amide bonds. The third-order valence-corrected chi connectivity index (χ3v) is 9.88. The van der Waals surface area contributed by atoms with E-state index in [1.807, 2.05) is 91.0 Å². The van der Waals surface area contributed by atoms with Crippen molar-refractivity contribution >= 4 is 37.1 Å².